The van der Waals surface area contributed by atoms with Crippen LogP contribution in [0.1, 0.15) is 50.7 Å². The van der Waals surface area contributed by atoms with Gasteiger partial charge in [0.15, 0.2) is 0 Å². The van der Waals surface area contributed by atoms with E-state index in [0.717, 1.165) is 25.7 Å². The van der Waals surface area contributed by atoms with Gasteiger partial charge in [-0.15, -0.1) is 0 Å². The first kappa shape index (κ1) is 17.8. The average Bonchev–Trinajstić information content (AvgIpc) is 3.33. The van der Waals surface area contributed by atoms with Crippen molar-refractivity contribution in [3.05, 3.63) is 35.4 Å². The zero-order chi connectivity index (χ0) is 16.9. The molecule has 4 heteroatoms. The molecule has 1 atom stereocenters. The molecule has 1 aromatic rings. The van der Waals surface area contributed by atoms with E-state index in [4.69, 9.17) is 0 Å². The van der Waals surface area contributed by atoms with Crippen molar-refractivity contribution in [2.75, 3.05) is 13.1 Å². The molecule has 128 valence electrons. The molecule has 0 heterocycles. The Morgan fingerprint density at radius 2 is 1.87 bits per heavy atom. The quantitative estimate of drug-likeness (QED) is 0.689. The summed E-state index contributed by atoms with van der Waals surface area (Å²) in [5, 5.41) is 15.8. The Morgan fingerprint density at radius 1 is 1.22 bits per heavy atom. The molecule has 0 aliphatic heterocycles. The summed E-state index contributed by atoms with van der Waals surface area (Å²) in [4.78, 5) is 12.0. The summed E-state index contributed by atoms with van der Waals surface area (Å²) < 4.78 is 0. The Kier molecular flexibility index (Phi) is 6.05. The van der Waals surface area contributed by atoms with Crippen LogP contribution in [0.3, 0.4) is 0 Å². The second-order valence-corrected chi connectivity index (χ2v) is 6.80. The van der Waals surface area contributed by atoms with E-state index in [0.29, 0.717) is 13.1 Å². The zero-order valence-electron chi connectivity index (χ0n) is 14.6. The fraction of sp³-hybridized carbons (Fsp3) is 0.632. The lowest BCUT2D eigenvalue weighted by molar-refractivity contribution is 0.103. The summed E-state index contributed by atoms with van der Waals surface area (Å²) in [5.74, 6) is 0.247. The molecular weight excluding hydrogens is 288 g/mol. The van der Waals surface area contributed by atoms with Crippen LogP contribution in [0.2, 0.25) is 0 Å². The van der Waals surface area contributed by atoms with Crippen molar-refractivity contribution in [3.8, 4) is 0 Å². The van der Waals surface area contributed by atoms with Crippen molar-refractivity contribution >= 4 is 6.03 Å². The molecule has 23 heavy (non-hydrogen) atoms. The van der Waals surface area contributed by atoms with E-state index < -0.39 is 6.10 Å². The number of rotatable bonds is 8. The van der Waals surface area contributed by atoms with Gasteiger partial charge in [0.05, 0.1) is 6.10 Å². The largest absolute Gasteiger partial charge is 0.391 e. The van der Waals surface area contributed by atoms with E-state index in [1.807, 2.05) is 6.07 Å². The van der Waals surface area contributed by atoms with Gasteiger partial charge in [-0.2, -0.15) is 0 Å². The topological polar surface area (TPSA) is 61.4 Å². The van der Waals surface area contributed by atoms with Gasteiger partial charge in [-0.25, -0.2) is 4.79 Å². The number of carbonyl (C=O) groups is 1. The summed E-state index contributed by atoms with van der Waals surface area (Å²) >= 11 is 0. The first-order valence-corrected chi connectivity index (χ1v) is 8.78. The molecule has 0 bridgehead atoms. The Morgan fingerprint density at radius 3 is 2.43 bits per heavy atom. The number of aryl methyl sites for hydroxylation is 1. The molecule has 0 radical (unpaired) electrons. The highest BCUT2D eigenvalue weighted by Gasteiger charge is 2.45. The molecule has 0 saturated heterocycles. The molecule has 2 amide bonds. The number of aliphatic hydroxyl groups is 1. The number of nitrogens with one attached hydrogen (secondary N) is 2. The van der Waals surface area contributed by atoms with Crippen LogP contribution < -0.4 is 10.6 Å². The van der Waals surface area contributed by atoms with Crippen LogP contribution in [-0.4, -0.2) is 30.3 Å². The monoisotopic (exact) mass is 318 g/mol. The molecule has 1 aromatic carbocycles. The third-order valence-corrected chi connectivity index (χ3v) is 5.22. The molecule has 1 aliphatic rings. The first-order chi connectivity index (χ1) is 11.0. The van der Waals surface area contributed by atoms with Gasteiger partial charge in [0, 0.05) is 18.5 Å². The maximum atomic E-state index is 12.0. The lowest BCUT2D eigenvalue weighted by Gasteiger charge is -2.22. The summed E-state index contributed by atoms with van der Waals surface area (Å²) in [6, 6.07) is 8.22. The van der Waals surface area contributed by atoms with Crippen LogP contribution in [-0.2, 0) is 5.41 Å². The third kappa shape index (κ3) is 4.47. The van der Waals surface area contributed by atoms with Gasteiger partial charge >= 0.3 is 6.03 Å². The Balaban J connectivity index is 1.80. The highest BCUT2D eigenvalue weighted by Crippen LogP contribution is 2.48. The summed E-state index contributed by atoms with van der Waals surface area (Å²) in [6.07, 6.45) is 3.62. The molecule has 0 aromatic heterocycles. The number of urea groups is 1. The van der Waals surface area contributed by atoms with Crippen LogP contribution in [0, 0.1) is 12.8 Å². The smallest absolute Gasteiger partial charge is 0.314 e. The molecule has 1 aliphatic carbocycles. The fourth-order valence-corrected chi connectivity index (χ4v) is 3.37. The molecule has 0 spiro atoms. The van der Waals surface area contributed by atoms with Crippen molar-refractivity contribution in [1.29, 1.82) is 0 Å². The van der Waals surface area contributed by atoms with E-state index in [2.05, 4.69) is 49.6 Å². The van der Waals surface area contributed by atoms with E-state index in [1.165, 1.54) is 11.1 Å². The second kappa shape index (κ2) is 7.82. The van der Waals surface area contributed by atoms with Crippen molar-refractivity contribution in [3.63, 3.8) is 0 Å². The van der Waals surface area contributed by atoms with E-state index in [1.54, 1.807) is 0 Å². The Bertz CT molecular complexity index is 522. The molecule has 1 unspecified atom stereocenters. The van der Waals surface area contributed by atoms with Gasteiger partial charge in [0.1, 0.15) is 0 Å². The van der Waals surface area contributed by atoms with Gasteiger partial charge in [-0.05, 0) is 36.8 Å². The zero-order valence-corrected chi connectivity index (χ0v) is 14.6. The van der Waals surface area contributed by atoms with Crippen LogP contribution >= 0.6 is 0 Å². The van der Waals surface area contributed by atoms with Crippen LogP contribution in [0.15, 0.2) is 24.3 Å². The average molecular weight is 318 g/mol. The maximum absolute atomic E-state index is 12.0. The molecule has 3 N–H and O–H groups in total. The minimum Gasteiger partial charge on any atom is -0.391 e. The number of hydrogen-bond donors (Lipinski definition) is 3. The van der Waals surface area contributed by atoms with Crippen molar-refractivity contribution in [2.24, 2.45) is 5.92 Å². The van der Waals surface area contributed by atoms with Crippen LogP contribution in [0.4, 0.5) is 4.79 Å². The lowest BCUT2D eigenvalue weighted by atomic mass is 9.92. The predicted octanol–water partition coefficient (Wildman–Crippen LogP) is 3.12. The second-order valence-electron chi connectivity index (χ2n) is 6.80. The number of hydrogen-bond acceptors (Lipinski definition) is 2. The standard InChI is InChI=1S/C19H30N2O2/c1-4-15(5-2)17(22)12-20-18(23)21-13-19(10-11-19)16-9-7-6-8-14(16)3/h6-9,15,17,22H,4-5,10-13H2,1-3H3,(H2,20,21,23). The van der Waals surface area contributed by atoms with Crippen molar-refractivity contribution in [2.45, 2.75) is 58.0 Å². The number of benzene rings is 1. The van der Waals surface area contributed by atoms with Gasteiger partial charge in [0.2, 0.25) is 0 Å². The van der Waals surface area contributed by atoms with Crippen LogP contribution in [0.25, 0.3) is 0 Å². The summed E-state index contributed by atoms with van der Waals surface area (Å²) in [5.41, 5.74) is 2.74. The normalized spacial score (nSPS) is 16.9. The fourth-order valence-electron chi connectivity index (χ4n) is 3.37. The van der Waals surface area contributed by atoms with Crippen molar-refractivity contribution < 1.29 is 9.90 Å². The van der Waals surface area contributed by atoms with Gasteiger partial charge in [-0.1, -0.05) is 51.0 Å². The molecule has 1 fully saturated rings. The molecule has 2 rings (SSSR count). The number of aliphatic hydroxyl groups excluding tert-OH is 1. The minimum absolute atomic E-state index is 0.108. The van der Waals surface area contributed by atoms with E-state index >= 15 is 0 Å². The summed E-state index contributed by atoms with van der Waals surface area (Å²) in [7, 11) is 0. The van der Waals surface area contributed by atoms with E-state index in [-0.39, 0.29) is 17.4 Å². The molecule has 4 nitrogen and oxygen atoms in total. The molecular formula is C19H30N2O2. The summed E-state index contributed by atoms with van der Waals surface area (Å²) in [6.45, 7) is 7.23. The highest BCUT2D eigenvalue weighted by atomic mass is 16.3. The van der Waals surface area contributed by atoms with Crippen LogP contribution in [0.5, 0.6) is 0 Å². The highest BCUT2D eigenvalue weighted by molar-refractivity contribution is 5.74. The number of amides is 2. The number of carbonyl (C=O) groups excluding carboxylic acids is 1. The van der Waals surface area contributed by atoms with Gasteiger partial charge < -0.3 is 15.7 Å². The maximum Gasteiger partial charge on any atom is 0.314 e. The Labute approximate surface area is 139 Å². The van der Waals surface area contributed by atoms with E-state index in [9.17, 15) is 9.90 Å². The molecule has 1 saturated carbocycles. The minimum atomic E-state index is -0.470. The van der Waals surface area contributed by atoms with Gasteiger partial charge in [-0.3, -0.25) is 0 Å². The lowest BCUT2D eigenvalue weighted by Crippen LogP contribution is -2.44. The third-order valence-electron chi connectivity index (χ3n) is 5.22. The van der Waals surface area contributed by atoms with Gasteiger partial charge in [0.25, 0.3) is 0 Å². The Hall–Kier alpha value is -1.55. The predicted molar refractivity (Wildman–Crippen MR) is 93.6 cm³/mol. The van der Waals surface area contributed by atoms with Crippen molar-refractivity contribution in [1.82, 2.24) is 10.6 Å². The first-order valence-electron chi connectivity index (χ1n) is 8.78. The SMILES string of the molecule is CCC(CC)C(O)CNC(=O)NCC1(c2ccccc2C)CC1.